The molecular formula is C14H20N2O4. The molecule has 2 N–H and O–H groups in total. The van der Waals surface area contributed by atoms with Crippen LogP contribution in [0.5, 0.6) is 0 Å². The fourth-order valence-corrected chi connectivity index (χ4v) is 2.40. The molecule has 6 heteroatoms. The lowest BCUT2D eigenvalue weighted by atomic mass is 9.90. The topological polar surface area (TPSA) is 82.8 Å². The van der Waals surface area contributed by atoms with E-state index in [9.17, 15) is 14.7 Å². The number of aliphatic carboxylic acids is 1. The van der Waals surface area contributed by atoms with Crippen molar-refractivity contribution >= 4 is 11.9 Å². The third kappa shape index (κ3) is 3.01. The number of carboxylic acids is 1. The summed E-state index contributed by atoms with van der Waals surface area (Å²) in [7, 11) is 0. The zero-order valence-electron chi connectivity index (χ0n) is 11.8. The van der Waals surface area contributed by atoms with Crippen molar-refractivity contribution in [2.45, 2.75) is 32.9 Å². The fourth-order valence-electron chi connectivity index (χ4n) is 2.40. The van der Waals surface area contributed by atoms with Gasteiger partial charge in [0.1, 0.15) is 5.76 Å². The van der Waals surface area contributed by atoms with Gasteiger partial charge in [0, 0.05) is 13.1 Å². The molecule has 110 valence electrons. The number of carbonyl (C=O) groups excluding carboxylic acids is 1. The van der Waals surface area contributed by atoms with E-state index in [0.29, 0.717) is 31.8 Å². The van der Waals surface area contributed by atoms with Gasteiger partial charge in [-0.05, 0) is 32.4 Å². The van der Waals surface area contributed by atoms with Gasteiger partial charge in [0.2, 0.25) is 5.91 Å². The SMILES string of the molecule is CC(C(=O)NCc1ccco1)N1CCC(C)(C(=O)O)C1. The first-order chi connectivity index (χ1) is 9.42. The van der Waals surface area contributed by atoms with Crippen LogP contribution in [-0.2, 0) is 16.1 Å². The van der Waals surface area contributed by atoms with Crippen molar-refractivity contribution in [2.24, 2.45) is 5.41 Å². The molecule has 0 radical (unpaired) electrons. The highest BCUT2D eigenvalue weighted by Gasteiger charge is 2.42. The van der Waals surface area contributed by atoms with Gasteiger partial charge in [0.05, 0.1) is 24.3 Å². The minimum absolute atomic E-state index is 0.115. The van der Waals surface area contributed by atoms with Crippen LogP contribution >= 0.6 is 0 Å². The number of likely N-dealkylation sites (tertiary alicyclic amines) is 1. The van der Waals surface area contributed by atoms with Gasteiger partial charge in [0.15, 0.2) is 0 Å². The van der Waals surface area contributed by atoms with E-state index >= 15 is 0 Å². The number of rotatable bonds is 5. The molecule has 2 unspecified atom stereocenters. The van der Waals surface area contributed by atoms with E-state index in [4.69, 9.17) is 4.42 Å². The maximum Gasteiger partial charge on any atom is 0.310 e. The van der Waals surface area contributed by atoms with Crippen molar-refractivity contribution in [2.75, 3.05) is 13.1 Å². The number of hydrogen-bond donors (Lipinski definition) is 2. The van der Waals surface area contributed by atoms with Gasteiger partial charge in [-0.25, -0.2) is 0 Å². The number of amides is 1. The van der Waals surface area contributed by atoms with Crippen molar-refractivity contribution in [1.29, 1.82) is 0 Å². The van der Waals surface area contributed by atoms with Crippen molar-refractivity contribution < 1.29 is 19.1 Å². The third-order valence-corrected chi connectivity index (χ3v) is 3.96. The third-order valence-electron chi connectivity index (χ3n) is 3.96. The van der Waals surface area contributed by atoms with Gasteiger partial charge in [0.25, 0.3) is 0 Å². The molecule has 20 heavy (non-hydrogen) atoms. The Hall–Kier alpha value is -1.82. The molecule has 1 aromatic heterocycles. The fraction of sp³-hybridized carbons (Fsp3) is 0.571. The molecular weight excluding hydrogens is 260 g/mol. The monoisotopic (exact) mass is 280 g/mol. The average Bonchev–Trinajstić information content (AvgIpc) is 3.05. The molecule has 1 aromatic rings. The van der Waals surface area contributed by atoms with Crippen LogP contribution in [0.1, 0.15) is 26.0 Å². The first-order valence-electron chi connectivity index (χ1n) is 6.70. The molecule has 0 aromatic carbocycles. The van der Waals surface area contributed by atoms with E-state index in [1.165, 1.54) is 0 Å². The quantitative estimate of drug-likeness (QED) is 0.843. The summed E-state index contributed by atoms with van der Waals surface area (Å²) in [5, 5.41) is 12.0. The van der Waals surface area contributed by atoms with Crippen LogP contribution in [0.3, 0.4) is 0 Å². The van der Waals surface area contributed by atoms with Crippen LogP contribution in [-0.4, -0.2) is 41.0 Å². The number of carboxylic acid groups (broad SMARTS) is 1. The van der Waals surface area contributed by atoms with Crippen LogP contribution in [0.4, 0.5) is 0 Å². The van der Waals surface area contributed by atoms with E-state index in [-0.39, 0.29) is 11.9 Å². The van der Waals surface area contributed by atoms with Crippen LogP contribution in [0.25, 0.3) is 0 Å². The second-order valence-corrected chi connectivity index (χ2v) is 5.56. The molecule has 2 heterocycles. The molecule has 1 fully saturated rings. The van der Waals surface area contributed by atoms with Gasteiger partial charge in [-0.15, -0.1) is 0 Å². The Bertz CT molecular complexity index is 485. The summed E-state index contributed by atoms with van der Waals surface area (Å²) in [4.78, 5) is 25.2. The molecule has 1 aliphatic heterocycles. The Kier molecular flexibility index (Phi) is 4.13. The Balaban J connectivity index is 1.87. The molecule has 6 nitrogen and oxygen atoms in total. The van der Waals surface area contributed by atoms with Gasteiger partial charge in [-0.3, -0.25) is 14.5 Å². The van der Waals surface area contributed by atoms with E-state index < -0.39 is 11.4 Å². The molecule has 0 bridgehead atoms. The number of nitrogens with zero attached hydrogens (tertiary/aromatic N) is 1. The predicted molar refractivity (Wildman–Crippen MR) is 71.9 cm³/mol. The van der Waals surface area contributed by atoms with Gasteiger partial charge < -0.3 is 14.8 Å². The largest absolute Gasteiger partial charge is 0.481 e. The van der Waals surface area contributed by atoms with Gasteiger partial charge >= 0.3 is 5.97 Å². The maximum atomic E-state index is 12.1. The molecule has 2 rings (SSSR count). The Morgan fingerprint density at radius 3 is 2.90 bits per heavy atom. The molecule has 1 aliphatic rings. The highest BCUT2D eigenvalue weighted by molar-refractivity contribution is 5.81. The molecule has 0 spiro atoms. The minimum atomic E-state index is -0.803. The average molecular weight is 280 g/mol. The van der Waals surface area contributed by atoms with Crippen LogP contribution in [0.2, 0.25) is 0 Å². The first kappa shape index (κ1) is 14.6. The lowest BCUT2D eigenvalue weighted by Gasteiger charge is -2.25. The lowest BCUT2D eigenvalue weighted by molar-refractivity contribution is -0.147. The summed E-state index contributed by atoms with van der Waals surface area (Å²) in [5.74, 6) is -0.221. The Morgan fingerprint density at radius 2 is 2.35 bits per heavy atom. The molecule has 1 saturated heterocycles. The summed E-state index contributed by atoms with van der Waals surface area (Å²) < 4.78 is 5.15. The van der Waals surface area contributed by atoms with Crippen molar-refractivity contribution in [3.63, 3.8) is 0 Å². The zero-order chi connectivity index (χ0) is 14.8. The summed E-state index contributed by atoms with van der Waals surface area (Å²) in [6.45, 7) is 4.89. The van der Waals surface area contributed by atoms with Crippen molar-refractivity contribution in [3.8, 4) is 0 Å². The van der Waals surface area contributed by atoms with Crippen molar-refractivity contribution in [3.05, 3.63) is 24.2 Å². The van der Waals surface area contributed by atoms with Gasteiger partial charge in [-0.2, -0.15) is 0 Å². The summed E-state index contributed by atoms with van der Waals surface area (Å²) >= 11 is 0. The lowest BCUT2D eigenvalue weighted by Crippen LogP contribution is -2.45. The maximum absolute atomic E-state index is 12.1. The second-order valence-electron chi connectivity index (χ2n) is 5.56. The second kappa shape index (κ2) is 5.66. The summed E-state index contributed by atoms with van der Waals surface area (Å²) in [6.07, 6.45) is 2.13. The number of hydrogen-bond acceptors (Lipinski definition) is 4. The first-order valence-corrected chi connectivity index (χ1v) is 6.70. The van der Waals surface area contributed by atoms with Crippen LogP contribution < -0.4 is 5.32 Å². The standard InChI is InChI=1S/C14H20N2O4/c1-10(12(17)15-8-11-4-3-7-20-11)16-6-5-14(2,9-16)13(18)19/h3-4,7,10H,5-6,8-9H2,1-2H3,(H,15,17)(H,18,19). The molecule has 0 saturated carbocycles. The van der Waals surface area contributed by atoms with Crippen LogP contribution in [0.15, 0.2) is 22.8 Å². The zero-order valence-corrected chi connectivity index (χ0v) is 11.8. The van der Waals surface area contributed by atoms with E-state index in [1.54, 1.807) is 32.2 Å². The van der Waals surface area contributed by atoms with E-state index in [0.717, 1.165) is 0 Å². The highest BCUT2D eigenvalue weighted by atomic mass is 16.4. The van der Waals surface area contributed by atoms with Crippen LogP contribution in [0, 0.1) is 5.41 Å². The number of furan rings is 1. The Morgan fingerprint density at radius 1 is 1.60 bits per heavy atom. The number of carbonyl (C=O) groups is 2. The number of nitrogens with one attached hydrogen (secondary N) is 1. The Labute approximate surface area is 117 Å². The molecule has 2 atom stereocenters. The van der Waals surface area contributed by atoms with Gasteiger partial charge in [-0.1, -0.05) is 0 Å². The minimum Gasteiger partial charge on any atom is -0.481 e. The van der Waals surface area contributed by atoms with E-state index in [1.807, 2.05) is 4.90 Å². The predicted octanol–water partition coefficient (Wildman–Crippen LogP) is 1.08. The van der Waals surface area contributed by atoms with E-state index in [2.05, 4.69) is 5.32 Å². The smallest absolute Gasteiger partial charge is 0.310 e. The highest BCUT2D eigenvalue weighted by Crippen LogP contribution is 2.31. The molecule has 1 amide bonds. The normalized spacial score (nSPS) is 24.5. The van der Waals surface area contributed by atoms with Crippen molar-refractivity contribution in [1.82, 2.24) is 10.2 Å². The summed E-state index contributed by atoms with van der Waals surface area (Å²) in [6, 6.07) is 3.22. The molecule has 0 aliphatic carbocycles. The summed E-state index contributed by atoms with van der Waals surface area (Å²) in [5.41, 5.74) is -0.754.